The highest BCUT2D eigenvalue weighted by molar-refractivity contribution is 5.66. The average Bonchev–Trinajstić information content (AvgIpc) is 2.94. The summed E-state index contributed by atoms with van der Waals surface area (Å²) in [6.45, 7) is 5.91. The number of unbranched alkanes of at least 4 members (excludes halogenated alkanes) is 24. The first-order valence-electron chi connectivity index (χ1n) is 17.5. The van der Waals surface area contributed by atoms with Crippen LogP contribution in [0, 0.1) is 0 Å². The molecule has 0 saturated carbocycles. The van der Waals surface area contributed by atoms with Crippen molar-refractivity contribution in [2.45, 2.75) is 207 Å². The fourth-order valence-electron chi connectivity index (χ4n) is 4.59. The normalized spacial score (nSPS) is 11.2. The second-order valence-corrected chi connectivity index (χ2v) is 11.8. The molecule has 6 heteroatoms. The van der Waals surface area contributed by atoms with Crippen molar-refractivity contribution in [1.29, 1.82) is 0 Å². The number of carbonyl (C=O) groups is 2. The maximum Gasteiger partial charge on any atom is 0.303 e. The summed E-state index contributed by atoms with van der Waals surface area (Å²) in [7, 11) is 0. The van der Waals surface area contributed by atoms with E-state index in [-0.39, 0.29) is 6.61 Å². The Kier molecular flexibility index (Phi) is 44.3. The van der Waals surface area contributed by atoms with Crippen molar-refractivity contribution in [1.82, 2.24) is 0 Å². The van der Waals surface area contributed by atoms with Gasteiger partial charge in [0.1, 0.15) is 0 Å². The van der Waals surface area contributed by atoms with E-state index < -0.39 is 18.0 Å². The summed E-state index contributed by atoms with van der Waals surface area (Å²) in [5.41, 5.74) is 0. The number of carboxylic acids is 2. The standard InChI is InChI=1S/2C16H32O2.C3H8O2/c2*1-2-3-4-5-6-7-8-9-10-11-12-13-14-15-16(17)18;1-3(5)2-4/h2*2-15H2,1H3,(H,17,18);3-5H,2H2,1H3. The van der Waals surface area contributed by atoms with E-state index in [4.69, 9.17) is 20.4 Å². The molecule has 0 spiro atoms. The Balaban J connectivity index is -0.000000604. The van der Waals surface area contributed by atoms with Crippen LogP contribution in [0.4, 0.5) is 0 Å². The van der Waals surface area contributed by atoms with Crippen LogP contribution in [0.3, 0.4) is 0 Å². The van der Waals surface area contributed by atoms with E-state index in [1.165, 1.54) is 148 Å². The Labute approximate surface area is 255 Å². The topological polar surface area (TPSA) is 115 Å². The van der Waals surface area contributed by atoms with Crippen LogP contribution in [-0.2, 0) is 9.59 Å². The molecule has 0 saturated heterocycles. The van der Waals surface area contributed by atoms with Crippen molar-refractivity contribution in [3.05, 3.63) is 0 Å². The Morgan fingerprint density at radius 1 is 0.439 bits per heavy atom. The monoisotopic (exact) mass is 589 g/mol. The highest BCUT2D eigenvalue weighted by Crippen LogP contribution is 2.14. The van der Waals surface area contributed by atoms with Gasteiger partial charge < -0.3 is 20.4 Å². The maximum atomic E-state index is 10.3. The molecule has 0 aliphatic carbocycles. The lowest BCUT2D eigenvalue weighted by molar-refractivity contribution is -0.138. The first-order valence-corrected chi connectivity index (χ1v) is 17.5. The molecule has 0 aliphatic rings. The molecule has 0 aromatic carbocycles. The van der Waals surface area contributed by atoms with Gasteiger partial charge in [-0.2, -0.15) is 0 Å². The van der Waals surface area contributed by atoms with Gasteiger partial charge in [-0.25, -0.2) is 0 Å². The van der Waals surface area contributed by atoms with Gasteiger partial charge in [-0.15, -0.1) is 0 Å². The van der Waals surface area contributed by atoms with E-state index in [2.05, 4.69) is 13.8 Å². The van der Waals surface area contributed by atoms with Gasteiger partial charge in [-0.1, -0.05) is 168 Å². The average molecular weight is 589 g/mol. The third-order valence-electron chi connectivity index (χ3n) is 7.25. The minimum Gasteiger partial charge on any atom is -0.481 e. The highest BCUT2D eigenvalue weighted by Gasteiger charge is 1.98. The quantitative estimate of drug-likeness (QED) is 0.0646. The number of hydrogen-bond donors (Lipinski definition) is 4. The molecule has 248 valence electrons. The zero-order valence-corrected chi connectivity index (χ0v) is 27.7. The van der Waals surface area contributed by atoms with E-state index in [9.17, 15) is 9.59 Å². The molecule has 0 aliphatic heterocycles. The van der Waals surface area contributed by atoms with Gasteiger partial charge in [0.15, 0.2) is 0 Å². The lowest BCUT2D eigenvalue weighted by Gasteiger charge is -2.02. The summed E-state index contributed by atoms with van der Waals surface area (Å²) >= 11 is 0. The predicted octanol–water partition coefficient (Wildman–Crippen LogP) is 10.5. The van der Waals surface area contributed by atoms with Crippen molar-refractivity contribution in [3.63, 3.8) is 0 Å². The first-order chi connectivity index (χ1) is 19.8. The van der Waals surface area contributed by atoms with Gasteiger partial charge in [0.25, 0.3) is 0 Å². The zero-order valence-electron chi connectivity index (χ0n) is 27.7. The summed E-state index contributed by atoms with van der Waals surface area (Å²) in [6.07, 6.45) is 34.0. The van der Waals surface area contributed by atoms with E-state index in [1.807, 2.05) is 0 Å². The summed E-state index contributed by atoms with van der Waals surface area (Å²) in [6, 6.07) is 0. The number of aliphatic hydroxyl groups is 2. The summed E-state index contributed by atoms with van der Waals surface area (Å²) in [4.78, 5) is 20.6. The molecule has 0 fully saturated rings. The van der Waals surface area contributed by atoms with Gasteiger partial charge >= 0.3 is 11.9 Å². The van der Waals surface area contributed by atoms with Crippen molar-refractivity contribution in [2.75, 3.05) is 6.61 Å². The van der Waals surface area contributed by atoms with Crippen molar-refractivity contribution >= 4 is 11.9 Å². The van der Waals surface area contributed by atoms with Crippen LogP contribution in [0.5, 0.6) is 0 Å². The molecule has 6 nitrogen and oxygen atoms in total. The van der Waals surface area contributed by atoms with Gasteiger partial charge in [-0.05, 0) is 19.8 Å². The molecule has 0 aromatic heterocycles. The molecule has 1 atom stereocenters. The molecule has 0 amide bonds. The number of hydrogen-bond acceptors (Lipinski definition) is 4. The van der Waals surface area contributed by atoms with Crippen molar-refractivity contribution < 1.29 is 30.0 Å². The summed E-state index contributed by atoms with van der Waals surface area (Å²) < 4.78 is 0. The Bertz CT molecular complexity index is 455. The lowest BCUT2D eigenvalue weighted by atomic mass is 10.0. The Morgan fingerprint density at radius 2 is 0.610 bits per heavy atom. The minimum absolute atomic E-state index is 0.139. The maximum absolute atomic E-state index is 10.3. The molecule has 0 bridgehead atoms. The fraction of sp³-hybridized carbons (Fsp3) is 0.943. The molecule has 0 heterocycles. The van der Waals surface area contributed by atoms with Crippen molar-refractivity contribution in [3.8, 4) is 0 Å². The molecule has 4 N–H and O–H groups in total. The third-order valence-corrected chi connectivity index (χ3v) is 7.25. The molecular weight excluding hydrogens is 516 g/mol. The molecule has 0 radical (unpaired) electrons. The number of aliphatic hydroxyl groups excluding tert-OH is 2. The van der Waals surface area contributed by atoms with Gasteiger partial charge in [0, 0.05) is 12.8 Å². The van der Waals surface area contributed by atoms with Crippen LogP contribution >= 0.6 is 0 Å². The molecule has 1 unspecified atom stereocenters. The fourth-order valence-corrected chi connectivity index (χ4v) is 4.59. The minimum atomic E-state index is -0.655. The van der Waals surface area contributed by atoms with Crippen LogP contribution < -0.4 is 0 Å². The van der Waals surface area contributed by atoms with E-state index in [1.54, 1.807) is 0 Å². The first kappa shape index (κ1) is 44.3. The number of carboxylic acid groups (broad SMARTS) is 2. The summed E-state index contributed by atoms with van der Waals surface area (Å²) in [5.74, 6) is -1.31. The van der Waals surface area contributed by atoms with Gasteiger partial charge in [0.2, 0.25) is 0 Å². The molecular formula is C35H72O6. The van der Waals surface area contributed by atoms with Crippen LogP contribution in [0.15, 0.2) is 0 Å². The van der Waals surface area contributed by atoms with E-state index in [0.29, 0.717) is 12.8 Å². The van der Waals surface area contributed by atoms with E-state index >= 15 is 0 Å². The van der Waals surface area contributed by atoms with Gasteiger partial charge in [0.05, 0.1) is 12.7 Å². The van der Waals surface area contributed by atoms with E-state index in [0.717, 1.165) is 25.7 Å². The van der Waals surface area contributed by atoms with Crippen molar-refractivity contribution in [2.24, 2.45) is 0 Å². The second kappa shape index (κ2) is 41.0. The Hall–Kier alpha value is -1.14. The van der Waals surface area contributed by atoms with Crippen LogP contribution in [0.1, 0.15) is 201 Å². The lowest BCUT2D eigenvalue weighted by Crippen LogP contribution is -2.03. The van der Waals surface area contributed by atoms with Gasteiger partial charge in [-0.3, -0.25) is 9.59 Å². The second-order valence-electron chi connectivity index (χ2n) is 11.8. The highest BCUT2D eigenvalue weighted by atomic mass is 16.4. The van der Waals surface area contributed by atoms with Crippen LogP contribution in [0.2, 0.25) is 0 Å². The Morgan fingerprint density at radius 3 is 0.756 bits per heavy atom. The molecule has 0 aromatic rings. The molecule has 41 heavy (non-hydrogen) atoms. The van der Waals surface area contributed by atoms with Crippen LogP contribution in [-0.4, -0.2) is 45.1 Å². The smallest absolute Gasteiger partial charge is 0.303 e. The zero-order chi connectivity index (χ0) is 31.2. The third kappa shape index (κ3) is 55.4. The van der Waals surface area contributed by atoms with Crippen LogP contribution in [0.25, 0.3) is 0 Å². The predicted molar refractivity (Wildman–Crippen MR) is 175 cm³/mol. The number of aliphatic carboxylic acids is 2. The largest absolute Gasteiger partial charge is 0.481 e. The summed E-state index contributed by atoms with van der Waals surface area (Å²) in [5, 5.41) is 33.0. The molecule has 0 rings (SSSR count). The number of rotatable bonds is 29. The SMILES string of the molecule is CC(O)CO.CCCCCCCCCCCCCCCC(=O)O.CCCCCCCCCCCCCCCC(=O)O.